The molecule has 1 aliphatic carbocycles. The summed E-state index contributed by atoms with van der Waals surface area (Å²) in [6.45, 7) is 0. The summed E-state index contributed by atoms with van der Waals surface area (Å²) in [6, 6.07) is 18.5. The molecule has 1 aliphatic rings. The van der Waals surface area contributed by atoms with Crippen molar-refractivity contribution in [3.8, 4) is 5.75 Å². The zero-order valence-corrected chi connectivity index (χ0v) is 12.1. The lowest BCUT2D eigenvalue weighted by molar-refractivity contribution is -0.149. The second kappa shape index (κ2) is 6.29. The molecule has 3 nitrogen and oxygen atoms in total. The molecule has 0 spiro atoms. The smallest absolute Gasteiger partial charge is 0.130 e. The maximum Gasteiger partial charge on any atom is 0.130 e. The number of aliphatic hydroxyl groups is 1. The second-order valence-corrected chi connectivity index (χ2v) is 5.47. The van der Waals surface area contributed by atoms with Gasteiger partial charge in [-0.05, 0) is 29.7 Å². The van der Waals surface area contributed by atoms with E-state index in [1.807, 2.05) is 18.2 Å². The molecule has 3 rings (SSSR count). The number of aliphatic hydroxyl groups excluding tert-OH is 1. The van der Waals surface area contributed by atoms with Crippen LogP contribution in [0.2, 0.25) is 0 Å². The summed E-state index contributed by atoms with van der Waals surface area (Å²) in [5, 5.41) is 9.56. The molecule has 1 fully saturated rings. The van der Waals surface area contributed by atoms with Crippen LogP contribution in [0, 0.1) is 0 Å². The quantitative estimate of drug-likeness (QED) is 0.917. The molecule has 110 valence electrons. The lowest BCUT2D eigenvalue weighted by atomic mass is 9.88. The number of ether oxygens (including phenoxy) is 2. The molecular weight excluding hydrogens is 264 g/mol. The van der Waals surface area contributed by atoms with E-state index in [1.165, 1.54) is 11.1 Å². The Kier molecular flexibility index (Phi) is 4.23. The highest BCUT2D eigenvalue weighted by atomic mass is 16.6. The molecule has 3 atom stereocenters. The van der Waals surface area contributed by atoms with Gasteiger partial charge < -0.3 is 14.6 Å². The van der Waals surface area contributed by atoms with Crippen molar-refractivity contribution >= 4 is 0 Å². The number of hydrogen-bond acceptors (Lipinski definition) is 3. The number of hydrogen-bond donors (Lipinski definition) is 1. The summed E-state index contributed by atoms with van der Waals surface area (Å²) >= 11 is 0. The van der Waals surface area contributed by atoms with E-state index in [0.29, 0.717) is 6.42 Å². The fourth-order valence-corrected chi connectivity index (χ4v) is 2.67. The Bertz CT molecular complexity index is 565. The van der Waals surface area contributed by atoms with Crippen LogP contribution in [0.25, 0.3) is 0 Å². The summed E-state index contributed by atoms with van der Waals surface area (Å²) in [4.78, 5) is 0. The lowest BCUT2D eigenvalue weighted by Gasteiger charge is -2.39. The van der Waals surface area contributed by atoms with Crippen molar-refractivity contribution in [3.05, 3.63) is 65.7 Å². The third-order valence-corrected chi connectivity index (χ3v) is 3.95. The van der Waals surface area contributed by atoms with Crippen LogP contribution in [0.5, 0.6) is 5.75 Å². The molecule has 0 aromatic heterocycles. The Hall–Kier alpha value is -1.84. The molecule has 1 N–H and O–H groups in total. The maximum atomic E-state index is 9.56. The first-order valence-electron chi connectivity index (χ1n) is 7.26. The van der Waals surface area contributed by atoms with Crippen LogP contribution >= 0.6 is 0 Å². The first-order chi connectivity index (χ1) is 10.3. The molecule has 3 heteroatoms. The zero-order chi connectivity index (χ0) is 14.7. The molecule has 0 heterocycles. The van der Waals surface area contributed by atoms with Crippen molar-refractivity contribution in [3.63, 3.8) is 0 Å². The van der Waals surface area contributed by atoms with Gasteiger partial charge in [-0.15, -0.1) is 0 Å². The van der Waals surface area contributed by atoms with Crippen molar-refractivity contribution in [2.24, 2.45) is 0 Å². The normalized spacial score (nSPS) is 24.4. The highest BCUT2D eigenvalue weighted by Crippen LogP contribution is 2.28. The van der Waals surface area contributed by atoms with Crippen molar-refractivity contribution in [2.75, 3.05) is 7.11 Å². The standard InChI is InChI=1S/C18H20O3/c1-20-18-16(19)12-17(18)21-15-9-7-14(8-10-15)11-13-5-3-2-4-6-13/h2-10,16-19H,11-12H2,1H3. The van der Waals surface area contributed by atoms with E-state index in [9.17, 15) is 5.11 Å². The van der Waals surface area contributed by atoms with Gasteiger partial charge in [0.15, 0.2) is 0 Å². The molecule has 0 saturated heterocycles. The van der Waals surface area contributed by atoms with Crippen molar-refractivity contribution in [1.82, 2.24) is 0 Å². The summed E-state index contributed by atoms with van der Waals surface area (Å²) in [5.74, 6) is 0.825. The number of methoxy groups -OCH3 is 1. The van der Waals surface area contributed by atoms with Gasteiger partial charge in [0.05, 0.1) is 6.10 Å². The van der Waals surface area contributed by atoms with Crippen molar-refractivity contribution in [1.29, 1.82) is 0 Å². The Morgan fingerprint density at radius 3 is 2.29 bits per heavy atom. The van der Waals surface area contributed by atoms with E-state index in [1.54, 1.807) is 7.11 Å². The van der Waals surface area contributed by atoms with Crippen LogP contribution in [0.3, 0.4) is 0 Å². The largest absolute Gasteiger partial charge is 0.488 e. The van der Waals surface area contributed by atoms with E-state index in [-0.39, 0.29) is 12.2 Å². The zero-order valence-electron chi connectivity index (χ0n) is 12.1. The number of rotatable bonds is 5. The van der Waals surface area contributed by atoms with Crippen molar-refractivity contribution < 1.29 is 14.6 Å². The second-order valence-electron chi connectivity index (χ2n) is 5.47. The van der Waals surface area contributed by atoms with E-state index in [2.05, 4.69) is 36.4 Å². The van der Waals surface area contributed by atoms with Gasteiger partial charge in [0.2, 0.25) is 0 Å². The molecule has 0 bridgehead atoms. The van der Waals surface area contributed by atoms with Gasteiger partial charge in [-0.3, -0.25) is 0 Å². The molecule has 1 saturated carbocycles. The van der Waals surface area contributed by atoms with E-state index in [0.717, 1.165) is 12.2 Å². The van der Waals surface area contributed by atoms with Crippen molar-refractivity contribution in [2.45, 2.75) is 31.2 Å². The molecule has 2 aromatic rings. The predicted molar refractivity (Wildman–Crippen MR) is 81.5 cm³/mol. The van der Waals surface area contributed by atoms with Gasteiger partial charge in [-0.1, -0.05) is 42.5 Å². The van der Waals surface area contributed by atoms with E-state index >= 15 is 0 Å². The SMILES string of the molecule is COC1C(O)CC1Oc1ccc(Cc2ccccc2)cc1. The van der Waals surface area contributed by atoms with Gasteiger partial charge in [0, 0.05) is 13.5 Å². The Morgan fingerprint density at radius 1 is 1.00 bits per heavy atom. The van der Waals surface area contributed by atoms with Gasteiger partial charge in [0.1, 0.15) is 18.0 Å². The fourth-order valence-electron chi connectivity index (χ4n) is 2.67. The first-order valence-corrected chi connectivity index (χ1v) is 7.26. The monoisotopic (exact) mass is 284 g/mol. The molecular formula is C18H20O3. The summed E-state index contributed by atoms with van der Waals surface area (Å²) in [5.41, 5.74) is 2.55. The van der Waals surface area contributed by atoms with Gasteiger partial charge in [-0.2, -0.15) is 0 Å². The van der Waals surface area contributed by atoms with E-state index in [4.69, 9.17) is 9.47 Å². The van der Waals surface area contributed by atoms with Crippen LogP contribution in [0.4, 0.5) is 0 Å². The third-order valence-electron chi connectivity index (χ3n) is 3.95. The summed E-state index contributed by atoms with van der Waals surface area (Å²) in [7, 11) is 1.60. The average Bonchev–Trinajstić information content (AvgIpc) is 2.50. The summed E-state index contributed by atoms with van der Waals surface area (Å²) in [6.07, 6.45) is 0.880. The van der Waals surface area contributed by atoms with Gasteiger partial charge in [-0.25, -0.2) is 0 Å². The summed E-state index contributed by atoms with van der Waals surface area (Å²) < 4.78 is 11.1. The maximum absolute atomic E-state index is 9.56. The minimum Gasteiger partial charge on any atom is -0.488 e. The number of benzene rings is 2. The Balaban J connectivity index is 1.60. The van der Waals surface area contributed by atoms with Crippen LogP contribution in [-0.2, 0) is 11.2 Å². The molecule has 3 unspecified atom stereocenters. The first kappa shape index (κ1) is 14.1. The van der Waals surface area contributed by atoms with Gasteiger partial charge in [0.25, 0.3) is 0 Å². The minimum absolute atomic E-state index is 0.0510. The molecule has 21 heavy (non-hydrogen) atoms. The van der Waals surface area contributed by atoms with Gasteiger partial charge >= 0.3 is 0 Å². The highest BCUT2D eigenvalue weighted by Gasteiger charge is 2.42. The topological polar surface area (TPSA) is 38.7 Å². The van der Waals surface area contributed by atoms with E-state index < -0.39 is 6.10 Å². The van der Waals surface area contributed by atoms with Crippen LogP contribution in [0.1, 0.15) is 17.5 Å². The van der Waals surface area contributed by atoms with Crippen LogP contribution in [0.15, 0.2) is 54.6 Å². The Labute approximate surface area is 125 Å². The lowest BCUT2D eigenvalue weighted by Crippen LogP contribution is -2.54. The molecule has 2 aromatic carbocycles. The van der Waals surface area contributed by atoms with Crippen LogP contribution < -0.4 is 4.74 Å². The minimum atomic E-state index is -0.405. The fraction of sp³-hybridized carbons (Fsp3) is 0.333. The molecule has 0 amide bonds. The molecule has 0 aliphatic heterocycles. The Morgan fingerprint density at radius 2 is 1.67 bits per heavy atom. The third kappa shape index (κ3) is 3.26. The average molecular weight is 284 g/mol. The highest BCUT2D eigenvalue weighted by molar-refractivity contribution is 5.31. The molecule has 0 radical (unpaired) electrons. The van der Waals surface area contributed by atoms with Crippen LogP contribution in [-0.4, -0.2) is 30.5 Å². The predicted octanol–water partition coefficient (Wildman–Crippen LogP) is 2.80.